The Bertz CT molecular complexity index is 721. The number of aryl methyl sites for hydroxylation is 2. The van der Waals surface area contributed by atoms with Crippen LogP contribution in [0.3, 0.4) is 0 Å². The van der Waals surface area contributed by atoms with Crippen molar-refractivity contribution in [2.75, 3.05) is 0 Å². The highest BCUT2D eigenvalue weighted by molar-refractivity contribution is 7.98. The molecule has 0 saturated heterocycles. The van der Waals surface area contributed by atoms with E-state index in [1.54, 1.807) is 11.8 Å². The summed E-state index contributed by atoms with van der Waals surface area (Å²) in [5.41, 5.74) is 3.25. The van der Waals surface area contributed by atoms with Crippen LogP contribution in [0.25, 0.3) is 10.9 Å². The van der Waals surface area contributed by atoms with Crippen molar-refractivity contribution < 1.29 is 4.52 Å². The Kier molecular flexibility index (Phi) is 3.25. The maximum absolute atomic E-state index is 5.06. The zero-order chi connectivity index (χ0) is 13.2. The Labute approximate surface area is 116 Å². The molecule has 0 amide bonds. The Balaban J connectivity index is 1.85. The molecule has 0 aliphatic carbocycles. The highest BCUT2D eigenvalue weighted by Crippen LogP contribution is 2.25. The maximum Gasteiger partial charge on any atom is 0.133 e. The summed E-state index contributed by atoms with van der Waals surface area (Å²) in [4.78, 5) is 4.66. The number of aromatic nitrogens is 2. The molecular formula is C15H14N2OS. The minimum absolute atomic E-state index is 0.780. The molecule has 3 aromatic rings. The van der Waals surface area contributed by atoms with Crippen LogP contribution in [0.15, 0.2) is 45.9 Å². The number of para-hydroxylation sites is 1. The molecule has 3 nitrogen and oxygen atoms in total. The number of thioether (sulfide) groups is 1. The predicted octanol–water partition coefficient (Wildman–Crippen LogP) is 4.13. The van der Waals surface area contributed by atoms with Gasteiger partial charge >= 0.3 is 0 Å². The van der Waals surface area contributed by atoms with Crippen molar-refractivity contribution in [3.63, 3.8) is 0 Å². The molecule has 3 rings (SSSR count). The molecule has 0 N–H and O–H groups in total. The van der Waals surface area contributed by atoms with Crippen LogP contribution >= 0.6 is 11.8 Å². The molecule has 0 spiro atoms. The van der Waals surface area contributed by atoms with Crippen LogP contribution in [0.2, 0.25) is 0 Å². The van der Waals surface area contributed by atoms with Gasteiger partial charge in [0.05, 0.1) is 16.2 Å². The van der Waals surface area contributed by atoms with Crippen LogP contribution < -0.4 is 0 Å². The largest absolute Gasteiger partial charge is 0.361 e. The lowest BCUT2D eigenvalue weighted by atomic mass is 10.1. The summed E-state index contributed by atoms with van der Waals surface area (Å²) >= 11 is 1.68. The second-order valence-electron chi connectivity index (χ2n) is 4.51. The van der Waals surface area contributed by atoms with Crippen molar-refractivity contribution in [1.82, 2.24) is 10.1 Å². The third kappa shape index (κ3) is 2.63. The van der Waals surface area contributed by atoms with E-state index in [2.05, 4.69) is 29.2 Å². The molecule has 0 radical (unpaired) electrons. The molecule has 0 atom stereocenters. The molecule has 0 fully saturated rings. The van der Waals surface area contributed by atoms with E-state index in [1.807, 2.05) is 31.2 Å². The van der Waals surface area contributed by atoms with Gasteiger partial charge in [-0.2, -0.15) is 0 Å². The molecular weight excluding hydrogens is 256 g/mol. The van der Waals surface area contributed by atoms with Crippen molar-refractivity contribution in [1.29, 1.82) is 0 Å². The molecule has 0 aliphatic heterocycles. The van der Waals surface area contributed by atoms with Gasteiger partial charge in [0.25, 0.3) is 0 Å². The topological polar surface area (TPSA) is 38.9 Å². The number of benzene rings is 1. The quantitative estimate of drug-likeness (QED) is 0.671. The number of pyridine rings is 1. The van der Waals surface area contributed by atoms with Gasteiger partial charge in [-0.25, -0.2) is 4.98 Å². The summed E-state index contributed by atoms with van der Waals surface area (Å²) in [5, 5.41) is 6.23. The van der Waals surface area contributed by atoms with Gasteiger partial charge in [-0.05, 0) is 31.5 Å². The SMILES string of the molecule is Cc1cc(CSc2cc(C)c3ccccc3n2)no1. The molecule has 0 saturated carbocycles. The molecule has 0 unspecified atom stereocenters. The van der Waals surface area contributed by atoms with Gasteiger partial charge in [-0.3, -0.25) is 0 Å². The van der Waals surface area contributed by atoms with E-state index in [-0.39, 0.29) is 0 Å². The van der Waals surface area contributed by atoms with Crippen molar-refractivity contribution in [3.8, 4) is 0 Å². The number of rotatable bonds is 3. The smallest absolute Gasteiger partial charge is 0.133 e. The maximum atomic E-state index is 5.06. The Morgan fingerprint density at radius 3 is 2.79 bits per heavy atom. The molecule has 1 aromatic carbocycles. The molecule has 4 heteroatoms. The van der Waals surface area contributed by atoms with Gasteiger partial charge in [0.1, 0.15) is 5.76 Å². The fourth-order valence-electron chi connectivity index (χ4n) is 2.03. The van der Waals surface area contributed by atoms with E-state index in [1.165, 1.54) is 10.9 Å². The normalized spacial score (nSPS) is 11.1. The Hall–Kier alpha value is -1.81. The van der Waals surface area contributed by atoms with Crippen LogP contribution in [-0.2, 0) is 5.75 Å². The summed E-state index contributed by atoms with van der Waals surface area (Å²) in [6.45, 7) is 4.02. The average Bonchev–Trinajstić information content (AvgIpc) is 2.82. The van der Waals surface area contributed by atoms with Crippen LogP contribution in [0.4, 0.5) is 0 Å². The van der Waals surface area contributed by atoms with Crippen LogP contribution in [-0.4, -0.2) is 10.1 Å². The van der Waals surface area contributed by atoms with E-state index >= 15 is 0 Å². The first-order chi connectivity index (χ1) is 9.22. The second-order valence-corrected chi connectivity index (χ2v) is 5.51. The van der Waals surface area contributed by atoms with E-state index in [9.17, 15) is 0 Å². The molecule has 19 heavy (non-hydrogen) atoms. The molecule has 0 aliphatic rings. The Morgan fingerprint density at radius 2 is 2.00 bits per heavy atom. The molecule has 2 aromatic heterocycles. The summed E-state index contributed by atoms with van der Waals surface area (Å²) in [6, 6.07) is 12.3. The third-order valence-electron chi connectivity index (χ3n) is 2.94. The Morgan fingerprint density at radius 1 is 1.16 bits per heavy atom. The van der Waals surface area contributed by atoms with Crippen molar-refractivity contribution in [2.45, 2.75) is 24.6 Å². The van der Waals surface area contributed by atoms with E-state index in [0.717, 1.165) is 27.7 Å². The van der Waals surface area contributed by atoms with E-state index < -0.39 is 0 Å². The lowest BCUT2D eigenvalue weighted by Gasteiger charge is -2.05. The predicted molar refractivity (Wildman–Crippen MR) is 77.3 cm³/mol. The van der Waals surface area contributed by atoms with Gasteiger partial charge in [0.2, 0.25) is 0 Å². The average molecular weight is 270 g/mol. The standard InChI is InChI=1S/C15H14N2OS/c1-10-7-15(16-14-6-4-3-5-13(10)14)19-9-12-8-11(2)18-17-12/h3-8H,9H2,1-2H3. The van der Waals surface area contributed by atoms with Gasteiger partial charge < -0.3 is 4.52 Å². The van der Waals surface area contributed by atoms with Crippen molar-refractivity contribution >= 4 is 22.7 Å². The first-order valence-electron chi connectivity index (χ1n) is 6.14. The van der Waals surface area contributed by atoms with Gasteiger partial charge in [0, 0.05) is 17.2 Å². The highest BCUT2D eigenvalue weighted by atomic mass is 32.2. The minimum atomic E-state index is 0.780. The lowest BCUT2D eigenvalue weighted by molar-refractivity contribution is 0.393. The van der Waals surface area contributed by atoms with E-state index in [4.69, 9.17) is 4.52 Å². The molecule has 2 heterocycles. The van der Waals surface area contributed by atoms with Crippen molar-refractivity contribution in [3.05, 3.63) is 53.4 Å². The van der Waals surface area contributed by atoms with Gasteiger partial charge in [-0.1, -0.05) is 35.1 Å². The molecule has 0 bridgehead atoms. The number of fused-ring (bicyclic) bond motifs is 1. The monoisotopic (exact) mass is 270 g/mol. The minimum Gasteiger partial charge on any atom is -0.361 e. The fraction of sp³-hybridized carbons (Fsp3) is 0.200. The van der Waals surface area contributed by atoms with Gasteiger partial charge in [0.15, 0.2) is 0 Å². The second kappa shape index (κ2) is 5.05. The summed E-state index contributed by atoms with van der Waals surface area (Å²) in [6.07, 6.45) is 0. The first kappa shape index (κ1) is 12.2. The van der Waals surface area contributed by atoms with Crippen LogP contribution in [0, 0.1) is 13.8 Å². The lowest BCUT2D eigenvalue weighted by Crippen LogP contribution is -1.88. The van der Waals surface area contributed by atoms with Gasteiger partial charge in [-0.15, -0.1) is 0 Å². The zero-order valence-corrected chi connectivity index (χ0v) is 11.7. The summed E-state index contributed by atoms with van der Waals surface area (Å²) < 4.78 is 5.06. The first-order valence-corrected chi connectivity index (χ1v) is 7.12. The van der Waals surface area contributed by atoms with Crippen LogP contribution in [0.5, 0.6) is 0 Å². The zero-order valence-electron chi connectivity index (χ0n) is 10.9. The summed E-state index contributed by atoms with van der Waals surface area (Å²) in [7, 11) is 0. The van der Waals surface area contributed by atoms with Crippen molar-refractivity contribution in [2.24, 2.45) is 0 Å². The highest BCUT2D eigenvalue weighted by Gasteiger charge is 2.05. The van der Waals surface area contributed by atoms with E-state index in [0.29, 0.717) is 0 Å². The fourth-order valence-corrected chi connectivity index (χ4v) is 2.88. The molecule has 96 valence electrons. The van der Waals surface area contributed by atoms with Crippen LogP contribution in [0.1, 0.15) is 17.0 Å². The number of hydrogen-bond donors (Lipinski definition) is 0. The number of hydrogen-bond acceptors (Lipinski definition) is 4. The number of nitrogens with zero attached hydrogens (tertiary/aromatic N) is 2. The summed E-state index contributed by atoms with van der Waals surface area (Å²) in [5.74, 6) is 1.63. The third-order valence-corrected chi connectivity index (χ3v) is 3.89.